The van der Waals surface area contributed by atoms with Gasteiger partial charge in [0, 0.05) is 6.07 Å². The van der Waals surface area contributed by atoms with Crippen molar-refractivity contribution in [2.45, 2.75) is 6.61 Å². The molecule has 0 radical (unpaired) electrons. The van der Waals surface area contributed by atoms with Gasteiger partial charge in [-0.1, -0.05) is 5.16 Å². The highest BCUT2D eigenvalue weighted by Crippen LogP contribution is 2.01. The van der Waals surface area contributed by atoms with Crippen LogP contribution in [0.4, 0.5) is 0 Å². The van der Waals surface area contributed by atoms with E-state index in [1.165, 1.54) is 6.07 Å². The molecule has 0 bridgehead atoms. The van der Waals surface area contributed by atoms with Gasteiger partial charge in [-0.05, 0) is 0 Å². The third kappa shape index (κ3) is 1.54. The Morgan fingerprint density at radius 2 is 2.64 bits per heavy atom. The van der Waals surface area contributed by atoms with Crippen LogP contribution >= 0.6 is 0 Å². The summed E-state index contributed by atoms with van der Waals surface area (Å²) in [5.41, 5.74) is 1.93. The zero-order valence-electron chi connectivity index (χ0n) is 5.57. The van der Waals surface area contributed by atoms with Crippen LogP contribution in [0.3, 0.4) is 0 Å². The average molecular weight is 157 g/mol. The fourth-order valence-electron chi connectivity index (χ4n) is 0.568. The molecular formula is C5H7N3O3. The fourth-order valence-corrected chi connectivity index (χ4v) is 0.568. The molecular weight excluding hydrogens is 150 g/mol. The molecule has 1 aromatic rings. The summed E-state index contributed by atoms with van der Waals surface area (Å²) in [5.74, 6) is 4.49. The third-order valence-corrected chi connectivity index (χ3v) is 1.08. The minimum Gasteiger partial charge on any atom is -0.388 e. The van der Waals surface area contributed by atoms with Crippen molar-refractivity contribution in [3.05, 3.63) is 17.5 Å². The van der Waals surface area contributed by atoms with Gasteiger partial charge in [0.2, 0.25) is 0 Å². The second kappa shape index (κ2) is 3.13. The first kappa shape index (κ1) is 7.70. The summed E-state index contributed by atoms with van der Waals surface area (Å²) in [6, 6.07) is 1.31. The molecule has 6 nitrogen and oxygen atoms in total. The number of nitrogens with two attached hydrogens (primary N) is 1. The molecule has 1 rings (SSSR count). The van der Waals surface area contributed by atoms with Crippen LogP contribution in [0.25, 0.3) is 0 Å². The van der Waals surface area contributed by atoms with Crippen molar-refractivity contribution in [1.29, 1.82) is 0 Å². The first-order chi connectivity index (χ1) is 5.27. The number of amides is 1. The summed E-state index contributed by atoms with van der Waals surface area (Å²) >= 11 is 0. The van der Waals surface area contributed by atoms with E-state index in [2.05, 4.69) is 9.68 Å². The van der Waals surface area contributed by atoms with Crippen LogP contribution in [0.5, 0.6) is 0 Å². The largest absolute Gasteiger partial charge is 0.388 e. The standard InChI is InChI=1S/C5H7N3O3/c6-7-5(10)4-1-3(2-9)11-8-4/h1,9H,2,6H2,(H,7,10). The normalized spacial score (nSPS) is 9.64. The van der Waals surface area contributed by atoms with Crippen molar-refractivity contribution < 1.29 is 14.4 Å². The van der Waals surface area contributed by atoms with Gasteiger partial charge in [-0.15, -0.1) is 0 Å². The number of carbonyl (C=O) groups is 1. The first-order valence-corrected chi connectivity index (χ1v) is 2.85. The second-order valence-corrected chi connectivity index (χ2v) is 1.81. The molecule has 0 atom stereocenters. The van der Waals surface area contributed by atoms with Gasteiger partial charge < -0.3 is 9.63 Å². The lowest BCUT2D eigenvalue weighted by Gasteiger charge is -1.88. The van der Waals surface area contributed by atoms with Crippen molar-refractivity contribution in [3.8, 4) is 0 Å². The Balaban J connectivity index is 2.80. The van der Waals surface area contributed by atoms with E-state index in [-0.39, 0.29) is 18.1 Å². The molecule has 1 amide bonds. The molecule has 1 heterocycles. The van der Waals surface area contributed by atoms with Crippen LogP contribution in [0, 0.1) is 0 Å². The second-order valence-electron chi connectivity index (χ2n) is 1.81. The van der Waals surface area contributed by atoms with Crippen molar-refractivity contribution >= 4 is 5.91 Å². The highest BCUT2D eigenvalue weighted by Gasteiger charge is 2.09. The maximum atomic E-state index is 10.7. The van der Waals surface area contributed by atoms with E-state index in [0.29, 0.717) is 0 Å². The van der Waals surface area contributed by atoms with Gasteiger partial charge in [-0.2, -0.15) is 0 Å². The lowest BCUT2D eigenvalue weighted by Crippen LogP contribution is -2.30. The number of nitrogens with zero attached hydrogens (tertiary/aromatic N) is 1. The summed E-state index contributed by atoms with van der Waals surface area (Å²) < 4.78 is 4.52. The van der Waals surface area contributed by atoms with E-state index in [1.54, 1.807) is 0 Å². The van der Waals surface area contributed by atoms with Gasteiger partial charge in [0.15, 0.2) is 11.5 Å². The molecule has 11 heavy (non-hydrogen) atoms. The molecule has 60 valence electrons. The number of carbonyl (C=O) groups excluding carboxylic acids is 1. The van der Waals surface area contributed by atoms with Gasteiger partial charge >= 0.3 is 0 Å². The number of hydrogen-bond acceptors (Lipinski definition) is 5. The number of nitrogens with one attached hydrogen (secondary N) is 1. The Labute approximate surface area is 61.9 Å². The number of rotatable bonds is 2. The van der Waals surface area contributed by atoms with Crippen LogP contribution < -0.4 is 11.3 Å². The number of hydrazine groups is 1. The summed E-state index contributed by atoms with van der Waals surface area (Å²) in [7, 11) is 0. The molecule has 0 unspecified atom stereocenters. The minimum absolute atomic E-state index is 0.0524. The van der Waals surface area contributed by atoms with Crippen molar-refractivity contribution in [2.75, 3.05) is 0 Å². The predicted molar refractivity (Wildman–Crippen MR) is 34.1 cm³/mol. The number of nitrogen functional groups attached to an aromatic ring is 1. The Hall–Kier alpha value is -1.40. The molecule has 0 aliphatic heterocycles. The third-order valence-electron chi connectivity index (χ3n) is 1.08. The van der Waals surface area contributed by atoms with Crippen LogP contribution in [0.1, 0.15) is 16.2 Å². The SMILES string of the molecule is NNC(=O)c1cc(CO)on1. The lowest BCUT2D eigenvalue weighted by atomic mass is 10.3. The smallest absolute Gasteiger partial charge is 0.287 e. The quantitative estimate of drug-likeness (QED) is 0.283. The summed E-state index contributed by atoms with van der Waals surface area (Å²) in [5, 5.41) is 11.8. The summed E-state index contributed by atoms with van der Waals surface area (Å²) in [4.78, 5) is 10.7. The Kier molecular flexibility index (Phi) is 2.19. The zero-order chi connectivity index (χ0) is 8.27. The van der Waals surface area contributed by atoms with E-state index in [0.717, 1.165) is 0 Å². The number of aliphatic hydroxyl groups excluding tert-OH is 1. The molecule has 0 spiro atoms. The van der Waals surface area contributed by atoms with E-state index in [9.17, 15) is 4.79 Å². The maximum absolute atomic E-state index is 10.7. The summed E-state index contributed by atoms with van der Waals surface area (Å²) in [6.45, 7) is -0.287. The van der Waals surface area contributed by atoms with E-state index < -0.39 is 5.91 Å². The molecule has 0 aliphatic rings. The van der Waals surface area contributed by atoms with Crippen molar-refractivity contribution in [1.82, 2.24) is 10.6 Å². The number of aromatic nitrogens is 1. The highest BCUT2D eigenvalue weighted by atomic mass is 16.5. The van der Waals surface area contributed by atoms with Crippen LogP contribution in [-0.4, -0.2) is 16.2 Å². The molecule has 4 N–H and O–H groups in total. The summed E-state index contributed by atoms with van der Waals surface area (Å²) in [6.07, 6.45) is 0. The van der Waals surface area contributed by atoms with E-state index in [4.69, 9.17) is 10.9 Å². The highest BCUT2D eigenvalue weighted by molar-refractivity contribution is 5.91. The van der Waals surface area contributed by atoms with Crippen LogP contribution in [-0.2, 0) is 6.61 Å². The van der Waals surface area contributed by atoms with Crippen LogP contribution in [0.15, 0.2) is 10.6 Å². The minimum atomic E-state index is -0.548. The maximum Gasteiger partial charge on any atom is 0.287 e. The zero-order valence-corrected chi connectivity index (χ0v) is 5.57. The van der Waals surface area contributed by atoms with Crippen molar-refractivity contribution in [3.63, 3.8) is 0 Å². The van der Waals surface area contributed by atoms with Gasteiger partial charge in [0.1, 0.15) is 6.61 Å². The Morgan fingerprint density at radius 1 is 1.91 bits per heavy atom. The van der Waals surface area contributed by atoms with Gasteiger partial charge in [0.25, 0.3) is 5.91 Å². The van der Waals surface area contributed by atoms with Crippen molar-refractivity contribution in [2.24, 2.45) is 5.84 Å². The molecule has 0 aromatic carbocycles. The first-order valence-electron chi connectivity index (χ1n) is 2.85. The molecule has 6 heteroatoms. The molecule has 0 fully saturated rings. The van der Waals surface area contributed by atoms with E-state index in [1.807, 2.05) is 5.43 Å². The van der Waals surface area contributed by atoms with Crippen LogP contribution in [0.2, 0.25) is 0 Å². The molecule has 0 aliphatic carbocycles. The van der Waals surface area contributed by atoms with Gasteiger partial charge in [0.05, 0.1) is 0 Å². The Morgan fingerprint density at radius 3 is 3.09 bits per heavy atom. The predicted octanol–water partition coefficient (Wildman–Crippen LogP) is -1.23. The average Bonchev–Trinajstić information content (AvgIpc) is 2.50. The monoisotopic (exact) mass is 157 g/mol. The van der Waals surface area contributed by atoms with Gasteiger partial charge in [-0.25, -0.2) is 5.84 Å². The lowest BCUT2D eigenvalue weighted by molar-refractivity contribution is 0.0944. The fraction of sp³-hybridized carbons (Fsp3) is 0.200. The molecule has 0 saturated heterocycles. The topological polar surface area (TPSA) is 101 Å². The number of aliphatic hydroxyl groups is 1. The molecule has 1 aromatic heterocycles. The number of hydrogen-bond donors (Lipinski definition) is 3. The van der Waals surface area contributed by atoms with Gasteiger partial charge in [-0.3, -0.25) is 10.2 Å². The molecule has 0 saturated carbocycles. The van der Waals surface area contributed by atoms with E-state index >= 15 is 0 Å². The Bertz CT molecular complexity index is 257.